The molecule has 1 amide bonds. The third-order valence-electron chi connectivity index (χ3n) is 1.04. The molecule has 0 aliphatic carbocycles. The van der Waals surface area contributed by atoms with Gasteiger partial charge >= 0.3 is 0 Å². The van der Waals surface area contributed by atoms with E-state index in [9.17, 15) is 4.79 Å². The lowest BCUT2D eigenvalue weighted by Crippen LogP contribution is -2.41. The maximum absolute atomic E-state index is 9.96. The average Bonchev–Trinajstić information content (AvgIpc) is 1.62. The van der Waals surface area contributed by atoms with Gasteiger partial charge in [-0.2, -0.15) is 0 Å². The zero-order valence-electron chi connectivity index (χ0n) is 5.43. The summed E-state index contributed by atoms with van der Waals surface area (Å²) in [5.41, 5.74) is 6.46. The highest BCUT2D eigenvalue weighted by Gasteiger charge is 2.15. The lowest BCUT2D eigenvalue weighted by Gasteiger charge is -2.26. The van der Waals surface area contributed by atoms with Gasteiger partial charge in [0, 0.05) is 7.05 Å². The topological polar surface area (TPSA) is 44.1 Å². The Kier molecular flexibility index (Phi) is 1.98. The van der Waals surface area contributed by atoms with Crippen LogP contribution in [-0.4, -0.2) is 24.0 Å². The summed E-state index contributed by atoms with van der Waals surface area (Å²) in [7, 11) is 1.58. The van der Waals surface area contributed by atoms with E-state index in [0.717, 1.165) is 0 Å². The monoisotopic (exact) mass is 115 g/mol. The molecule has 3 nitrogen and oxygen atoms in total. The molecule has 0 atom stereocenters. The number of rotatable bonds is 2. The molecular formula is C5H11N2O. The molecule has 8 heavy (non-hydrogen) atoms. The van der Waals surface area contributed by atoms with Crippen LogP contribution in [0, 0.1) is 0 Å². The number of nitrogens with one attached hydrogen (secondary N) is 1. The van der Waals surface area contributed by atoms with Crippen molar-refractivity contribution in [2.45, 2.75) is 19.5 Å². The molecule has 0 saturated heterocycles. The smallest absolute Gasteiger partial charge is 0.210 e. The molecule has 0 aliphatic heterocycles. The fourth-order valence-corrected chi connectivity index (χ4v) is 0.132. The van der Waals surface area contributed by atoms with Crippen LogP contribution in [0.1, 0.15) is 13.8 Å². The highest BCUT2D eigenvalue weighted by Crippen LogP contribution is 2.00. The summed E-state index contributed by atoms with van der Waals surface area (Å²) in [6, 6.07) is 0. The number of hydrogen-bond acceptors (Lipinski definition) is 1. The van der Waals surface area contributed by atoms with E-state index in [1.165, 1.54) is 4.90 Å². The van der Waals surface area contributed by atoms with Crippen LogP contribution >= 0.6 is 0 Å². The zero-order valence-corrected chi connectivity index (χ0v) is 5.43. The second-order valence-corrected chi connectivity index (χ2v) is 2.28. The largest absolute Gasteiger partial charge is 0.329 e. The van der Waals surface area contributed by atoms with Crippen molar-refractivity contribution in [1.82, 2.24) is 10.6 Å². The lowest BCUT2D eigenvalue weighted by atomic mass is 10.2. The van der Waals surface area contributed by atoms with Gasteiger partial charge in [0.2, 0.25) is 6.41 Å². The molecule has 1 radical (unpaired) electrons. The fraction of sp³-hybridized carbons (Fsp3) is 0.800. The lowest BCUT2D eigenvalue weighted by molar-refractivity contribution is -0.121. The molecule has 0 aliphatic rings. The van der Waals surface area contributed by atoms with Gasteiger partial charge in [-0.05, 0) is 13.8 Å². The molecular weight excluding hydrogens is 104 g/mol. The third-order valence-corrected chi connectivity index (χ3v) is 1.04. The molecule has 0 bridgehead atoms. The minimum absolute atomic E-state index is 0.646. The zero-order chi connectivity index (χ0) is 6.78. The van der Waals surface area contributed by atoms with Crippen molar-refractivity contribution >= 4 is 6.41 Å². The summed E-state index contributed by atoms with van der Waals surface area (Å²) in [6.45, 7) is 3.31. The summed E-state index contributed by atoms with van der Waals surface area (Å²) in [4.78, 5) is 11.3. The van der Waals surface area contributed by atoms with Gasteiger partial charge in [-0.3, -0.25) is 4.79 Å². The van der Waals surface area contributed by atoms with Crippen molar-refractivity contribution in [2.24, 2.45) is 0 Å². The predicted octanol–water partition coefficient (Wildman–Crippen LogP) is 0.0936. The molecule has 0 aromatic rings. The summed E-state index contributed by atoms with van der Waals surface area (Å²) in [6.07, 6.45) is 0.646. The Morgan fingerprint density at radius 1 is 1.62 bits per heavy atom. The van der Waals surface area contributed by atoms with Gasteiger partial charge in [-0.1, -0.05) is 0 Å². The third kappa shape index (κ3) is 1.93. The van der Waals surface area contributed by atoms with Crippen LogP contribution in [0.25, 0.3) is 0 Å². The molecule has 0 saturated carbocycles. The molecule has 47 valence electrons. The van der Waals surface area contributed by atoms with Crippen LogP contribution < -0.4 is 5.73 Å². The van der Waals surface area contributed by atoms with E-state index in [0.29, 0.717) is 6.41 Å². The minimum Gasteiger partial charge on any atom is -0.329 e. The molecule has 0 unspecified atom stereocenters. The van der Waals surface area contributed by atoms with Gasteiger partial charge in [0.05, 0.1) is 5.66 Å². The van der Waals surface area contributed by atoms with Crippen LogP contribution in [0.15, 0.2) is 0 Å². The summed E-state index contributed by atoms with van der Waals surface area (Å²) >= 11 is 0. The Bertz CT molecular complexity index is 84.9. The Hall–Kier alpha value is -0.570. The van der Waals surface area contributed by atoms with Crippen molar-refractivity contribution in [3.63, 3.8) is 0 Å². The maximum Gasteiger partial charge on any atom is 0.210 e. The molecule has 0 rings (SSSR count). The first kappa shape index (κ1) is 7.43. The number of nitrogens with zero attached hydrogens (tertiary/aromatic N) is 1. The van der Waals surface area contributed by atoms with Gasteiger partial charge in [0.15, 0.2) is 0 Å². The second-order valence-electron chi connectivity index (χ2n) is 2.28. The van der Waals surface area contributed by atoms with E-state index in [-0.39, 0.29) is 0 Å². The van der Waals surface area contributed by atoms with E-state index in [1.54, 1.807) is 20.9 Å². The van der Waals surface area contributed by atoms with Crippen LogP contribution in [0.4, 0.5) is 0 Å². The quantitative estimate of drug-likeness (QED) is 0.470. The molecule has 1 N–H and O–H groups in total. The van der Waals surface area contributed by atoms with Crippen molar-refractivity contribution < 1.29 is 4.79 Å². The standard InChI is InChI=1S/C5H11N2O/c1-5(2,6)7(3)4-8/h4,6H,1-3H3. The van der Waals surface area contributed by atoms with E-state index in [4.69, 9.17) is 5.73 Å². The van der Waals surface area contributed by atoms with E-state index >= 15 is 0 Å². The van der Waals surface area contributed by atoms with Crippen molar-refractivity contribution in [3.8, 4) is 0 Å². The minimum atomic E-state index is -0.776. The van der Waals surface area contributed by atoms with Crippen LogP contribution in [0.5, 0.6) is 0 Å². The van der Waals surface area contributed by atoms with E-state index in [1.807, 2.05) is 0 Å². The molecule has 0 fully saturated rings. The molecule has 0 aromatic carbocycles. The first-order chi connectivity index (χ1) is 3.48. The Morgan fingerprint density at radius 2 is 2.00 bits per heavy atom. The first-order valence-corrected chi connectivity index (χ1v) is 2.41. The maximum atomic E-state index is 9.96. The first-order valence-electron chi connectivity index (χ1n) is 2.41. The van der Waals surface area contributed by atoms with Gasteiger partial charge in [0.1, 0.15) is 0 Å². The second kappa shape index (κ2) is 2.13. The summed E-state index contributed by atoms with van der Waals surface area (Å²) in [5.74, 6) is 0. The summed E-state index contributed by atoms with van der Waals surface area (Å²) in [5, 5.41) is 0. The van der Waals surface area contributed by atoms with Crippen molar-refractivity contribution in [3.05, 3.63) is 0 Å². The van der Waals surface area contributed by atoms with Crippen LogP contribution in [0.2, 0.25) is 0 Å². The molecule has 3 heteroatoms. The Balaban J connectivity index is 3.80. The molecule has 0 aromatic heterocycles. The highest BCUT2D eigenvalue weighted by atomic mass is 16.1. The summed E-state index contributed by atoms with van der Waals surface area (Å²) < 4.78 is 0. The number of hydrogen-bond donors (Lipinski definition) is 0. The molecule has 0 heterocycles. The Morgan fingerprint density at radius 3 is 2.00 bits per heavy atom. The van der Waals surface area contributed by atoms with Gasteiger partial charge < -0.3 is 4.90 Å². The number of carbonyl (C=O) groups is 1. The fourth-order valence-electron chi connectivity index (χ4n) is 0.132. The Labute approximate surface area is 49.5 Å². The molecule has 0 spiro atoms. The SMILES string of the molecule is CN(C=O)C(C)(C)[NH]. The number of amides is 1. The van der Waals surface area contributed by atoms with E-state index < -0.39 is 5.66 Å². The van der Waals surface area contributed by atoms with Crippen molar-refractivity contribution in [1.29, 1.82) is 0 Å². The number of carbonyl (C=O) groups excluding carboxylic acids is 1. The normalized spacial score (nSPS) is 11.0. The van der Waals surface area contributed by atoms with Gasteiger partial charge in [0.25, 0.3) is 0 Å². The highest BCUT2D eigenvalue weighted by molar-refractivity contribution is 5.47. The van der Waals surface area contributed by atoms with E-state index in [2.05, 4.69) is 0 Å². The average molecular weight is 115 g/mol. The van der Waals surface area contributed by atoms with Gasteiger partial charge in [-0.15, -0.1) is 0 Å². The van der Waals surface area contributed by atoms with Gasteiger partial charge in [-0.25, -0.2) is 5.73 Å². The predicted molar refractivity (Wildman–Crippen MR) is 31.0 cm³/mol. The van der Waals surface area contributed by atoms with Crippen LogP contribution in [0.3, 0.4) is 0 Å². The van der Waals surface area contributed by atoms with Crippen LogP contribution in [-0.2, 0) is 4.79 Å². The van der Waals surface area contributed by atoms with Crippen molar-refractivity contribution in [2.75, 3.05) is 7.05 Å².